The van der Waals surface area contributed by atoms with Gasteiger partial charge in [0.05, 0.1) is 12.7 Å². The first kappa shape index (κ1) is 19.6. The highest BCUT2D eigenvalue weighted by Gasteiger charge is 2.68. The lowest BCUT2D eigenvalue weighted by Gasteiger charge is -2.61. The number of hydrogen-bond acceptors (Lipinski definition) is 2. The quantitative estimate of drug-likeness (QED) is 0.444. The first-order valence-electron chi connectivity index (χ1n) is 13.2. The van der Waals surface area contributed by atoms with Gasteiger partial charge in [0.2, 0.25) is 0 Å². The van der Waals surface area contributed by atoms with Gasteiger partial charge in [0, 0.05) is 12.3 Å². The second-order valence-corrected chi connectivity index (χ2v) is 12.9. The molecule has 6 fully saturated rings. The molecule has 2 nitrogen and oxygen atoms in total. The summed E-state index contributed by atoms with van der Waals surface area (Å²) < 4.78 is 13.4. The smallest absolute Gasteiger partial charge is 0.171 e. The summed E-state index contributed by atoms with van der Waals surface area (Å²) in [6.07, 6.45) is 16.2. The zero-order chi connectivity index (χ0) is 20.0. The lowest BCUT2D eigenvalue weighted by molar-refractivity contribution is -0.273. The molecular weight excluding hydrogens is 356 g/mol. The summed E-state index contributed by atoms with van der Waals surface area (Å²) in [7, 11) is 0. The first-order chi connectivity index (χ1) is 13.9. The third kappa shape index (κ3) is 2.54. The molecular formula is C27H44O2. The van der Waals surface area contributed by atoms with E-state index in [1.807, 2.05) is 0 Å². The van der Waals surface area contributed by atoms with Crippen LogP contribution in [0.2, 0.25) is 0 Å². The Morgan fingerprint density at radius 2 is 1.66 bits per heavy atom. The van der Waals surface area contributed by atoms with Crippen molar-refractivity contribution in [2.45, 2.75) is 110 Å². The van der Waals surface area contributed by atoms with E-state index in [1.165, 1.54) is 64.2 Å². The molecule has 0 amide bonds. The Hall–Kier alpha value is -0.0800. The molecule has 2 heterocycles. The Morgan fingerprint density at radius 3 is 2.45 bits per heavy atom. The van der Waals surface area contributed by atoms with Gasteiger partial charge < -0.3 is 9.47 Å². The predicted molar refractivity (Wildman–Crippen MR) is 116 cm³/mol. The van der Waals surface area contributed by atoms with E-state index < -0.39 is 0 Å². The van der Waals surface area contributed by atoms with E-state index in [-0.39, 0.29) is 5.79 Å². The van der Waals surface area contributed by atoms with E-state index in [2.05, 4.69) is 27.7 Å². The lowest BCUT2D eigenvalue weighted by Crippen LogP contribution is -2.54. The van der Waals surface area contributed by atoms with Gasteiger partial charge in [-0.2, -0.15) is 0 Å². The molecule has 0 aromatic rings. The minimum atomic E-state index is -0.250. The molecule has 6 aliphatic rings. The standard InChI is InChI=1S/C27H44O2/c1-17-10-14-27(28-16-17)18(2)24-23(29-27)15-22-20-9-8-19-7-5-6-12-25(19,3)21(20)11-13-26(22,24)4/h17-24H,5-16H2,1-4H3/t17?,18-,19+,20?,21?,22?,23?,24?,25?,26?,27+/m0/s1. The summed E-state index contributed by atoms with van der Waals surface area (Å²) in [6.45, 7) is 11.1. The molecule has 4 saturated carbocycles. The van der Waals surface area contributed by atoms with E-state index in [0.29, 0.717) is 28.8 Å². The van der Waals surface area contributed by atoms with E-state index in [9.17, 15) is 0 Å². The van der Waals surface area contributed by atoms with Crippen LogP contribution < -0.4 is 0 Å². The molecule has 11 atom stereocenters. The Kier molecular flexibility index (Phi) is 4.37. The zero-order valence-electron chi connectivity index (χ0n) is 19.4. The SMILES string of the molecule is CC1CC[C@@]2(OC1)OC1CC3C4CC[C@H]5CCCCC5(C)C4CCC3(C)C1[C@@H]2C. The average Bonchev–Trinajstić information content (AvgIpc) is 3.15. The van der Waals surface area contributed by atoms with Crippen molar-refractivity contribution in [1.82, 2.24) is 0 Å². The van der Waals surface area contributed by atoms with Crippen molar-refractivity contribution in [3.8, 4) is 0 Å². The van der Waals surface area contributed by atoms with Crippen molar-refractivity contribution >= 4 is 0 Å². The topological polar surface area (TPSA) is 18.5 Å². The fourth-order valence-electron chi connectivity index (χ4n) is 10.3. The third-order valence-corrected chi connectivity index (χ3v) is 11.9. The van der Waals surface area contributed by atoms with E-state index in [0.717, 1.165) is 42.6 Å². The second-order valence-electron chi connectivity index (χ2n) is 12.9. The van der Waals surface area contributed by atoms with Crippen LogP contribution in [0.15, 0.2) is 0 Å². The van der Waals surface area contributed by atoms with Crippen molar-refractivity contribution in [1.29, 1.82) is 0 Å². The molecule has 0 bridgehead atoms. The highest BCUT2D eigenvalue weighted by Crippen LogP contribution is 2.71. The summed E-state index contributed by atoms with van der Waals surface area (Å²) in [4.78, 5) is 0. The van der Waals surface area contributed by atoms with Gasteiger partial charge in [-0.05, 0) is 97.7 Å². The van der Waals surface area contributed by atoms with Crippen LogP contribution in [0.5, 0.6) is 0 Å². The van der Waals surface area contributed by atoms with Crippen molar-refractivity contribution in [2.24, 2.45) is 52.3 Å². The van der Waals surface area contributed by atoms with Crippen molar-refractivity contribution in [2.75, 3.05) is 6.61 Å². The van der Waals surface area contributed by atoms with Gasteiger partial charge in [-0.25, -0.2) is 0 Å². The minimum Gasteiger partial charge on any atom is -0.349 e. The fraction of sp³-hybridized carbons (Fsp3) is 1.00. The minimum absolute atomic E-state index is 0.250. The first-order valence-corrected chi connectivity index (χ1v) is 13.2. The molecule has 0 N–H and O–H groups in total. The van der Waals surface area contributed by atoms with Crippen LogP contribution >= 0.6 is 0 Å². The average molecular weight is 401 g/mol. The Morgan fingerprint density at radius 1 is 0.793 bits per heavy atom. The van der Waals surface area contributed by atoms with Crippen LogP contribution in [0.1, 0.15) is 98.3 Å². The number of fused-ring (bicyclic) bond motifs is 7. The van der Waals surface area contributed by atoms with Gasteiger partial charge in [0.1, 0.15) is 0 Å². The van der Waals surface area contributed by atoms with Crippen LogP contribution in [0.4, 0.5) is 0 Å². The maximum Gasteiger partial charge on any atom is 0.171 e. The normalized spacial score (nSPS) is 61.7. The maximum absolute atomic E-state index is 6.92. The van der Waals surface area contributed by atoms with Gasteiger partial charge in [-0.15, -0.1) is 0 Å². The second kappa shape index (κ2) is 6.47. The molecule has 6 rings (SSSR count). The number of rotatable bonds is 0. The van der Waals surface area contributed by atoms with Gasteiger partial charge in [-0.1, -0.05) is 40.5 Å². The van der Waals surface area contributed by atoms with E-state index in [1.54, 1.807) is 0 Å². The van der Waals surface area contributed by atoms with Gasteiger partial charge in [-0.3, -0.25) is 0 Å². The van der Waals surface area contributed by atoms with Gasteiger partial charge in [0.25, 0.3) is 0 Å². The van der Waals surface area contributed by atoms with Crippen LogP contribution in [0, 0.1) is 52.3 Å². The van der Waals surface area contributed by atoms with Crippen LogP contribution in [0.25, 0.3) is 0 Å². The van der Waals surface area contributed by atoms with Crippen molar-refractivity contribution in [3.05, 3.63) is 0 Å². The highest BCUT2D eigenvalue weighted by molar-refractivity contribution is 5.15. The van der Waals surface area contributed by atoms with E-state index >= 15 is 0 Å². The summed E-state index contributed by atoms with van der Waals surface area (Å²) >= 11 is 0. The molecule has 0 radical (unpaired) electrons. The molecule has 2 saturated heterocycles. The Balaban J connectivity index is 1.27. The van der Waals surface area contributed by atoms with E-state index in [4.69, 9.17) is 9.47 Å². The maximum atomic E-state index is 6.92. The molecule has 2 aliphatic heterocycles. The Bertz CT molecular complexity index is 651. The largest absolute Gasteiger partial charge is 0.349 e. The monoisotopic (exact) mass is 400 g/mol. The van der Waals surface area contributed by atoms with Crippen LogP contribution in [-0.2, 0) is 9.47 Å². The fourth-order valence-corrected chi connectivity index (χ4v) is 10.3. The molecule has 29 heavy (non-hydrogen) atoms. The van der Waals surface area contributed by atoms with Crippen LogP contribution in [0.3, 0.4) is 0 Å². The Labute approximate surface area is 178 Å². The molecule has 8 unspecified atom stereocenters. The third-order valence-electron chi connectivity index (χ3n) is 11.9. The molecule has 0 aromatic heterocycles. The van der Waals surface area contributed by atoms with Crippen molar-refractivity contribution in [3.63, 3.8) is 0 Å². The van der Waals surface area contributed by atoms with Gasteiger partial charge >= 0.3 is 0 Å². The predicted octanol–water partition coefficient (Wildman–Crippen LogP) is 6.82. The van der Waals surface area contributed by atoms with Crippen molar-refractivity contribution < 1.29 is 9.47 Å². The number of hydrogen-bond donors (Lipinski definition) is 0. The van der Waals surface area contributed by atoms with Crippen LogP contribution in [-0.4, -0.2) is 18.5 Å². The summed E-state index contributed by atoms with van der Waals surface area (Å²) in [5, 5.41) is 0. The molecule has 0 aromatic carbocycles. The number of ether oxygens (including phenoxy) is 2. The zero-order valence-corrected chi connectivity index (χ0v) is 19.4. The lowest BCUT2D eigenvalue weighted by atomic mass is 9.44. The summed E-state index contributed by atoms with van der Waals surface area (Å²) in [5.74, 6) is 5.62. The highest BCUT2D eigenvalue weighted by atomic mass is 16.7. The van der Waals surface area contributed by atoms with Gasteiger partial charge in [0.15, 0.2) is 5.79 Å². The molecule has 4 aliphatic carbocycles. The summed E-state index contributed by atoms with van der Waals surface area (Å²) in [6, 6.07) is 0. The summed E-state index contributed by atoms with van der Waals surface area (Å²) in [5.41, 5.74) is 1.13. The molecule has 1 spiro atoms. The molecule has 164 valence electrons. The molecule has 2 heteroatoms.